The van der Waals surface area contributed by atoms with Crippen molar-refractivity contribution in [1.82, 2.24) is 4.98 Å². The maximum absolute atomic E-state index is 13.2. The van der Waals surface area contributed by atoms with E-state index in [1.165, 1.54) is 7.11 Å². The summed E-state index contributed by atoms with van der Waals surface area (Å²) in [6, 6.07) is 11.0. The molecule has 1 aliphatic heterocycles. The number of carbonyl (C=O) groups excluding carboxylic acids is 1. The van der Waals surface area contributed by atoms with Crippen molar-refractivity contribution in [3.8, 4) is 23.8 Å². The Kier molecular flexibility index (Phi) is 7.07. The van der Waals surface area contributed by atoms with Gasteiger partial charge in [0.1, 0.15) is 18.3 Å². The van der Waals surface area contributed by atoms with E-state index < -0.39 is 17.8 Å². The number of nitrogens with zero attached hydrogens (tertiary/aromatic N) is 4. The van der Waals surface area contributed by atoms with E-state index in [-0.39, 0.29) is 13.0 Å². The number of rotatable bonds is 7. The second kappa shape index (κ2) is 9.93. The Morgan fingerprint density at radius 3 is 2.66 bits per heavy atom. The number of aryl methyl sites for hydroxylation is 1. The zero-order valence-corrected chi connectivity index (χ0v) is 18.5. The molecule has 0 fully saturated rings. The summed E-state index contributed by atoms with van der Waals surface area (Å²) < 4.78 is 16.8. The number of hydrogen-bond donors (Lipinski definition) is 0. The van der Waals surface area contributed by atoms with Gasteiger partial charge in [0.05, 0.1) is 43.5 Å². The van der Waals surface area contributed by atoms with Crippen LogP contribution in [0.25, 0.3) is 0 Å². The lowest BCUT2D eigenvalue weighted by Gasteiger charge is -2.33. The summed E-state index contributed by atoms with van der Waals surface area (Å²) in [6.07, 6.45) is 0.0983. The molecule has 2 heterocycles. The monoisotopic (exact) mass is 432 g/mol. The summed E-state index contributed by atoms with van der Waals surface area (Å²) in [5, 5.41) is 18.1. The van der Waals surface area contributed by atoms with Gasteiger partial charge in [0.25, 0.3) is 0 Å². The first-order valence-corrected chi connectivity index (χ1v) is 10.3. The third kappa shape index (κ3) is 4.40. The van der Waals surface area contributed by atoms with E-state index in [9.17, 15) is 10.1 Å². The third-order valence-electron chi connectivity index (χ3n) is 5.21. The fraction of sp³-hybridized carbons (Fsp3) is 0.375. The molecule has 2 aromatic rings. The van der Waals surface area contributed by atoms with Crippen molar-refractivity contribution >= 4 is 17.4 Å². The summed E-state index contributed by atoms with van der Waals surface area (Å²) >= 11 is 0. The van der Waals surface area contributed by atoms with Crippen LogP contribution in [0.1, 0.15) is 48.6 Å². The largest absolute Gasteiger partial charge is 0.496 e. The zero-order valence-electron chi connectivity index (χ0n) is 18.5. The van der Waals surface area contributed by atoms with E-state index in [4.69, 9.17) is 19.5 Å². The quantitative estimate of drug-likeness (QED) is 0.480. The summed E-state index contributed by atoms with van der Waals surface area (Å²) in [4.78, 5) is 22.4. The second-order valence-electron chi connectivity index (χ2n) is 7.29. The minimum atomic E-state index is -0.772. The number of aliphatic imine (C=N–C) groups is 1. The molecule has 1 aromatic carbocycles. The summed E-state index contributed by atoms with van der Waals surface area (Å²) in [5.41, 5.74) is 3.76. The number of aromatic nitrogens is 1. The molecular formula is C24H24N4O4. The van der Waals surface area contributed by atoms with Crippen LogP contribution in [0.15, 0.2) is 29.3 Å². The lowest BCUT2D eigenvalue weighted by molar-refractivity contribution is -0.146. The maximum atomic E-state index is 13.2. The Balaban J connectivity index is 2.26. The number of nitriles is 2. The van der Waals surface area contributed by atoms with Crippen LogP contribution in [0.2, 0.25) is 0 Å². The molecule has 1 aliphatic rings. The Bertz CT molecular complexity index is 1140. The predicted octanol–water partition coefficient (Wildman–Crippen LogP) is 3.98. The van der Waals surface area contributed by atoms with E-state index in [1.807, 2.05) is 26.0 Å². The molecule has 3 rings (SSSR count). The van der Waals surface area contributed by atoms with Gasteiger partial charge in [-0.3, -0.25) is 9.79 Å². The molecule has 0 aliphatic carbocycles. The van der Waals surface area contributed by atoms with Crippen LogP contribution in [0.3, 0.4) is 0 Å². The Labute approximate surface area is 187 Å². The van der Waals surface area contributed by atoms with Gasteiger partial charge < -0.3 is 14.2 Å². The van der Waals surface area contributed by atoms with Crippen molar-refractivity contribution in [2.75, 3.05) is 20.3 Å². The van der Waals surface area contributed by atoms with Crippen molar-refractivity contribution in [2.45, 2.75) is 33.1 Å². The molecular weight excluding hydrogens is 408 g/mol. The van der Waals surface area contributed by atoms with E-state index in [1.54, 1.807) is 25.1 Å². The molecule has 0 radical (unpaired) electrons. The lowest BCUT2D eigenvalue weighted by Crippen LogP contribution is -2.34. The number of pyridine rings is 1. The first kappa shape index (κ1) is 22.8. The lowest BCUT2D eigenvalue weighted by atomic mass is 9.75. The van der Waals surface area contributed by atoms with Crippen LogP contribution < -0.4 is 9.47 Å². The Morgan fingerprint density at radius 1 is 1.22 bits per heavy atom. The molecule has 0 bridgehead atoms. The van der Waals surface area contributed by atoms with Crippen LogP contribution in [0.4, 0.5) is 5.69 Å². The topological polar surface area (TPSA) is 118 Å². The van der Waals surface area contributed by atoms with Gasteiger partial charge >= 0.3 is 5.97 Å². The number of carbonyl (C=O) groups is 1. The van der Waals surface area contributed by atoms with Crippen LogP contribution in [-0.2, 0) is 9.53 Å². The second-order valence-corrected chi connectivity index (χ2v) is 7.29. The van der Waals surface area contributed by atoms with Gasteiger partial charge in [0.15, 0.2) is 0 Å². The fourth-order valence-electron chi connectivity index (χ4n) is 3.90. The number of hydrogen-bond acceptors (Lipinski definition) is 8. The van der Waals surface area contributed by atoms with Gasteiger partial charge in [0.2, 0.25) is 5.88 Å². The molecule has 32 heavy (non-hydrogen) atoms. The van der Waals surface area contributed by atoms with Gasteiger partial charge in [-0.15, -0.1) is 0 Å². The summed E-state index contributed by atoms with van der Waals surface area (Å²) in [7, 11) is 1.52. The average molecular weight is 432 g/mol. The molecule has 0 saturated carbocycles. The van der Waals surface area contributed by atoms with Crippen LogP contribution in [0.5, 0.6) is 11.6 Å². The van der Waals surface area contributed by atoms with E-state index >= 15 is 0 Å². The SMILES string of the molecule is CCOc1nc(C)cc2c1C(c1ccc(C#N)cc1OC)C(C(=O)OCCC#N)C(C)=N2. The van der Waals surface area contributed by atoms with Crippen molar-refractivity contribution < 1.29 is 19.0 Å². The first-order chi connectivity index (χ1) is 15.4. The van der Waals surface area contributed by atoms with Gasteiger partial charge in [-0.05, 0) is 39.0 Å². The van der Waals surface area contributed by atoms with Crippen LogP contribution >= 0.6 is 0 Å². The third-order valence-corrected chi connectivity index (χ3v) is 5.21. The molecule has 164 valence electrons. The number of esters is 1. The van der Waals surface area contributed by atoms with Crippen molar-refractivity contribution in [1.29, 1.82) is 10.5 Å². The van der Waals surface area contributed by atoms with E-state index in [0.717, 1.165) is 5.69 Å². The molecule has 0 amide bonds. The van der Waals surface area contributed by atoms with Gasteiger partial charge in [-0.1, -0.05) is 6.07 Å². The predicted molar refractivity (Wildman–Crippen MR) is 117 cm³/mol. The van der Waals surface area contributed by atoms with Gasteiger partial charge in [0, 0.05) is 28.5 Å². The highest BCUT2D eigenvalue weighted by atomic mass is 16.5. The average Bonchev–Trinajstić information content (AvgIpc) is 2.77. The van der Waals surface area contributed by atoms with Gasteiger partial charge in [-0.2, -0.15) is 10.5 Å². The normalized spacial score (nSPS) is 16.8. The van der Waals surface area contributed by atoms with Crippen molar-refractivity contribution in [3.63, 3.8) is 0 Å². The highest BCUT2D eigenvalue weighted by Crippen LogP contribution is 2.49. The zero-order chi connectivity index (χ0) is 23.3. The molecule has 0 N–H and O–H groups in total. The first-order valence-electron chi connectivity index (χ1n) is 10.3. The molecule has 2 atom stereocenters. The van der Waals surface area contributed by atoms with Crippen LogP contribution in [0, 0.1) is 35.5 Å². The molecule has 0 spiro atoms. The van der Waals surface area contributed by atoms with Gasteiger partial charge in [-0.25, -0.2) is 4.98 Å². The summed E-state index contributed by atoms with van der Waals surface area (Å²) in [6.45, 7) is 5.87. The van der Waals surface area contributed by atoms with E-state index in [2.05, 4.69) is 16.0 Å². The number of benzene rings is 1. The highest BCUT2D eigenvalue weighted by molar-refractivity contribution is 6.05. The number of methoxy groups -OCH3 is 1. The van der Waals surface area contributed by atoms with Crippen molar-refractivity contribution in [3.05, 3.63) is 46.6 Å². The van der Waals surface area contributed by atoms with Crippen molar-refractivity contribution in [2.24, 2.45) is 10.9 Å². The molecule has 2 unspecified atom stereocenters. The Hall–Kier alpha value is -3.91. The molecule has 0 saturated heterocycles. The number of ether oxygens (including phenoxy) is 3. The maximum Gasteiger partial charge on any atom is 0.315 e. The van der Waals surface area contributed by atoms with Crippen LogP contribution in [-0.4, -0.2) is 37.0 Å². The fourth-order valence-corrected chi connectivity index (χ4v) is 3.90. The standard InChI is InChI=1S/C24H24N4O4/c1-5-31-23-22-18(11-14(2)27-23)28-15(3)20(24(29)32-10-6-9-25)21(22)17-8-7-16(13-26)12-19(17)30-4/h7-8,11-12,20-21H,5-6,10H2,1-4H3. The Morgan fingerprint density at radius 2 is 2.00 bits per heavy atom. The minimum Gasteiger partial charge on any atom is -0.496 e. The minimum absolute atomic E-state index is 0.00629. The smallest absolute Gasteiger partial charge is 0.315 e. The molecule has 8 nitrogen and oxygen atoms in total. The molecule has 8 heteroatoms. The summed E-state index contributed by atoms with van der Waals surface area (Å²) in [5.74, 6) is -0.967. The van der Waals surface area contributed by atoms with E-state index in [0.29, 0.717) is 46.3 Å². The molecule has 1 aromatic heterocycles. The number of fused-ring (bicyclic) bond motifs is 1. The highest BCUT2D eigenvalue weighted by Gasteiger charge is 2.42.